The summed E-state index contributed by atoms with van der Waals surface area (Å²) in [5, 5.41) is 12.9. The van der Waals surface area contributed by atoms with Gasteiger partial charge in [0.15, 0.2) is 0 Å². The third kappa shape index (κ3) is 3.45. The lowest BCUT2D eigenvalue weighted by molar-refractivity contribution is 0.276. The highest BCUT2D eigenvalue weighted by molar-refractivity contribution is 6.30. The predicted molar refractivity (Wildman–Crippen MR) is 72.8 cm³/mol. The van der Waals surface area contributed by atoms with Crippen LogP contribution >= 0.6 is 11.6 Å². The van der Waals surface area contributed by atoms with Gasteiger partial charge in [0.25, 0.3) is 0 Å². The highest BCUT2D eigenvalue weighted by Gasteiger charge is 2.04. The van der Waals surface area contributed by atoms with Crippen LogP contribution in [0.15, 0.2) is 24.5 Å². The number of nitrogens with zero attached hydrogens (tertiary/aromatic N) is 2. The summed E-state index contributed by atoms with van der Waals surface area (Å²) in [5.74, 6) is 0. The zero-order valence-electron chi connectivity index (χ0n) is 10.4. The van der Waals surface area contributed by atoms with Crippen molar-refractivity contribution in [1.82, 2.24) is 14.7 Å². The second-order valence-electron chi connectivity index (χ2n) is 4.49. The number of fused-ring (bicyclic) bond motifs is 1. The van der Waals surface area contributed by atoms with Crippen LogP contribution in [-0.4, -0.2) is 27.1 Å². The van der Waals surface area contributed by atoms with Crippen LogP contribution in [0.1, 0.15) is 25.5 Å². The fourth-order valence-electron chi connectivity index (χ4n) is 1.88. The molecule has 0 aromatic carbocycles. The van der Waals surface area contributed by atoms with E-state index < -0.39 is 0 Å². The maximum atomic E-state index is 8.77. The first kappa shape index (κ1) is 13.3. The molecule has 2 N–H and O–H groups in total. The molecule has 1 unspecified atom stereocenters. The molecule has 0 aliphatic rings. The molecule has 2 aromatic rings. The summed E-state index contributed by atoms with van der Waals surface area (Å²) >= 11 is 5.92. The Morgan fingerprint density at radius 3 is 3.06 bits per heavy atom. The third-order valence-corrected chi connectivity index (χ3v) is 3.12. The van der Waals surface area contributed by atoms with Crippen molar-refractivity contribution >= 4 is 17.2 Å². The molecule has 1 atom stereocenters. The Hall–Kier alpha value is -1.10. The van der Waals surface area contributed by atoms with Crippen LogP contribution in [0.4, 0.5) is 0 Å². The number of hydrogen-bond acceptors (Lipinski definition) is 3. The average molecular weight is 268 g/mol. The van der Waals surface area contributed by atoms with Crippen LogP contribution in [0, 0.1) is 0 Å². The number of nitrogens with one attached hydrogen (secondary N) is 1. The van der Waals surface area contributed by atoms with Gasteiger partial charge in [-0.05, 0) is 31.9 Å². The lowest BCUT2D eigenvalue weighted by Crippen LogP contribution is -2.25. The van der Waals surface area contributed by atoms with Gasteiger partial charge in [-0.15, -0.1) is 0 Å². The fourth-order valence-corrected chi connectivity index (χ4v) is 2.05. The molecule has 98 valence electrons. The van der Waals surface area contributed by atoms with Gasteiger partial charge in [0.2, 0.25) is 0 Å². The van der Waals surface area contributed by atoms with Gasteiger partial charge in [0.1, 0.15) is 5.65 Å². The van der Waals surface area contributed by atoms with Crippen molar-refractivity contribution < 1.29 is 5.11 Å². The van der Waals surface area contributed by atoms with E-state index in [0.29, 0.717) is 11.1 Å². The Labute approximate surface area is 112 Å². The van der Waals surface area contributed by atoms with Crippen molar-refractivity contribution in [2.24, 2.45) is 0 Å². The van der Waals surface area contributed by atoms with E-state index in [0.717, 1.165) is 30.7 Å². The van der Waals surface area contributed by atoms with E-state index in [9.17, 15) is 0 Å². The van der Waals surface area contributed by atoms with Gasteiger partial charge in [-0.3, -0.25) is 0 Å². The smallest absolute Gasteiger partial charge is 0.137 e. The first-order valence-corrected chi connectivity index (χ1v) is 6.54. The van der Waals surface area contributed by atoms with Gasteiger partial charge < -0.3 is 14.8 Å². The second-order valence-corrected chi connectivity index (χ2v) is 4.93. The monoisotopic (exact) mass is 267 g/mol. The number of aromatic nitrogens is 2. The molecule has 2 heterocycles. The molecule has 0 saturated carbocycles. The maximum Gasteiger partial charge on any atom is 0.137 e. The first-order chi connectivity index (χ1) is 8.69. The first-order valence-electron chi connectivity index (χ1n) is 6.16. The van der Waals surface area contributed by atoms with Crippen molar-refractivity contribution in [3.8, 4) is 0 Å². The van der Waals surface area contributed by atoms with Gasteiger partial charge in [-0.25, -0.2) is 4.98 Å². The highest BCUT2D eigenvalue weighted by atomic mass is 35.5. The Morgan fingerprint density at radius 1 is 1.44 bits per heavy atom. The van der Waals surface area contributed by atoms with E-state index in [-0.39, 0.29) is 6.61 Å². The Bertz CT molecular complexity index is 512. The third-order valence-electron chi connectivity index (χ3n) is 2.89. The molecule has 0 amide bonds. The standard InChI is InChI=1S/C13H18ClN3O/c1-10(3-2-6-18)15-7-12-9-17-8-11(14)4-5-13(17)16-12/h4-5,8-10,15,18H,2-3,6-7H2,1H3. The molecular formula is C13H18ClN3O. The highest BCUT2D eigenvalue weighted by Crippen LogP contribution is 2.11. The summed E-state index contributed by atoms with van der Waals surface area (Å²) in [4.78, 5) is 4.50. The second kappa shape index (κ2) is 6.18. The molecule has 0 aliphatic carbocycles. The van der Waals surface area contributed by atoms with Crippen LogP contribution < -0.4 is 5.32 Å². The van der Waals surface area contributed by atoms with Crippen molar-refractivity contribution in [3.05, 3.63) is 35.2 Å². The molecule has 0 radical (unpaired) electrons. The molecule has 0 aliphatic heterocycles. The van der Waals surface area contributed by atoms with E-state index in [1.807, 2.05) is 28.9 Å². The van der Waals surface area contributed by atoms with E-state index in [1.54, 1.807) is 0 Å². The molecule has 5 heteroatoms. The largest absolute Gasteiger partial charge is 0.396 e. The summed E-state index contributed by atoms with van der Waals surface area (Å²) in [6, 6.07) is 4.12. The molecule has 0 saturated heterocycles. The van der Waals surface area contributed by atoms with E-state index >= 15 is 0 Å². The van der Waals surface area contributed by atoms with Gasteiger partial charge in [0, 0.05) is 31.6 Å². The van der Waals surface area contributed by atoms with E-state index in [1.165, 1.54) is 0 Å². The normalized spacial score (nSPS) is 13.1. The number of rotatable bonds is 6. The minimum atomic E-state index is 0.249. The van der Waals surface area contributed by atoms with Crippen LogP contribution in [0.25, 0.3) is 5.65 Å². The number of aliphatic hydroxyl groups is 1. The molecular weight excluding hydrogens is 250 g/mol. The van der Waals surface area contributed by atoms with E-state index in [4.69, 9.17) is 16.7 Å². The number of hydrogen-bond donors (Lipinski definition) is 2. The van der Waals surface area contributed by atoms with Crippen molar-refractivity contribution in [2.75, 3.05) is 6.61 Å². The average Bonchev–Trinajstić information content (AvgIpc) is 2.75. The molecule has 0 spiro atoms. The van der Waals surface area contributed by atoms with Gasteiger partial charge in [-0.2, -0.15) is 0 Å². The summed E-state index contributed by atoms with van der Waals surface area (Å²) in [6.45, 7) is 3.09. The zero-order valence-corrected chi connectivity index (χ0v) is 11.2. The summed E-state index contributed by atoms with van der Waals surface area (Å²) in [7, 11) is 0. The van der Waals surface area contributed by atoms with Crippen molar-refractivity contribution in [2.45, 2.75) is 32.4 Å². The summed E-state index contributed by atoms with van der Waals surface area (Å²) < 4.78 is 1.93. The molecule has 0 fully saturated rings. The number of pyridine rings is 1. The quantitative estimate of drug-likeness (QED) is 0.844. The van der Waals surface area contributed by atoms with Crippen LogP contribution in [0.5, 0.6) is 0 Å². The Morgan fingerprint density at radius 2 is 2.28 bits per heavy atom. The van der Waals surface area contributed by atoms with Crippen LogP contribution in [0.3, 0.4) is 0 Å². The maximum absolute atomic E-state index is 8.77. The molecule has 2 aromatic heterocycles. The Kier molecular flexibility index (Phi) is 4.58. The summed E-state index contributed by atoms with van der Waals surface area (Å²) in [6.07, 6.45) is 5.63. The number of halogens is 1. The summed E-state index contributed by atoms with van der Waals surface area (Å²) in [5.41, 5.74) is 1.90. The minimum Gasteiger partial charge on any atom is -0.396 e. The van der Waals surface area contributed by atoms with Crippen LogP contribution in [0.2, 0.25) is 5.02 Å². The topological polar surface area (TPSA) is 49.6 Å². The van der Waals surface area contributed by atoms with Gasteiger partial charge in [0.05, 0.1) is 10.7 Å². The molecule has 2 rings (SSSR count). The van der Waals surface area contributed by atoms with Gasteiger partial charge in [-0.1, -0.05) is 11.6 Å². The Balaban J connectivity index is 1.95. The minimum absolute atomic E-state index is 0.249. The molecule has 4 nitrogen and oxygen atoms in total. The van der Waals surface area contributed by atoms with E-state index in [2.05, 4.69) is 17.2 Å². The molecule has 0 bridgehead atoms. The van der Waals surface area contributed by atoms with Gasteiger partial charge >= 0.3 is 0 Å². The molecule has 18 heavy (non-hydrogen) atoms. The fraction of sp³-hybridized carbons (Fsp3) is 0.462. The predicted octanol–water partition coefficient (Wildman–Crippen LogP) is 2.24. The van der Waals surface area contributed by atoms with Crippen molar-refractivity contribution in [3.63, 3.8) is 0 Å². The number of imidazole rings is 1. The lowest BCUT2D eigenvalue weighted by Gasteiger charge is -2.11. The van der Waals surface area contributed by atoms with Crippen molar-refractivity contribution in [1.29, 1.82) is 0 Å². The number of aliphatic hydroxyl groups excluding tert-OH is 1. The van der Waals surface area contributed by atoms with Crippen LogP contribution in [-0.2, 0) is 6.54 Å². The SMILES string of the molecule is CC(CCCO)NCc1cn2cc(Cl)ccc2n1. The zero-order chi connectivity index (χ0) is 13.0. The lowest BCUT2D eigenvalue weighted by atomic mass is 10.2.